The smallest absolute Gasteiger partial charge is 0.129 e. The van der Waals surface area contributed by atoms with Crippen LogP contribution in [0.5, 0.6) is 0 Å². The molecule has 5 heteroatoms. The van der Waals surface area contributed by atoms with E-state index < -0.39 is 0 Å². The van der Waals surface area contributed by atoms with Gasteiger partial charge in [-0.3, -0.25) is 0 Å². The molecule has 1 fully saturated rings. The monoisotopic (exact) mass is 291 g/mol. The Bertz CT molecular complexity index is 526. The maximum Gasteiger partial charge on any atom is 0.129 e. The molecule has 0 spiro atoms. The van der Waals surface area contributed by atoms with Crippen molar-refractivity contribution < 1.29 is 4.74 Å². The summed E-state index contributed by atoms with van der Waals surface area (Å²) in [4.78, 5) is 6.74. The topological polar surface area (TPSA) is 51.4 Å². The fourth-order valence-electron chi connectivity index (χ4n) is 2.76. The van der Waals surface area contributed by atoms with Crippen molar-refractivity contribution in [2.75, 3.05) is 30.4 Å². The second-order valence-corrected chi connectivity index (χ2v) is 5.58. The Hall–Kier alpha value is -1.52. The summed E-state index contributed by atoms with van der Waals surface area (Å²) in [5, 5.41) is 0.803. The molecule has 20 heavy (non-hydrogen) atoms. The number of nitrogens with zero attached hydrogens (tertiary/aromatic N) is 2. The summed E-state index contributed by atoms with van der Waals surface area (Å²) in [6.45, 7) is 2.26. The zero-order chi connectivity index (χ0) is 13.9. The number of hydrogen-bond donors (Lipinski definition) is 1. The molecule has 0 amide bonds. The Morgan fingerprint density at radius 1 is 1.40 bits per heavy atom. The van der Waals surface area contributed by atoms with Gasteiger partial charge < -0.3 is 15.4 Å². The lowest BCUT2D eigenvalue weighted by Crippen LogP contribution is -2.49. The Kier molecular flexibility index (Phi) is 3.94. The molecule has 2 unspecified atom stereocenters. The van der Waals surface area contributed by atoms with Gasteiger partial charge in [0.25, 0.3) is 0 Å². The molecule has 1 saturated heterocycles. The van der Waals surface area contributed by atoms with Crippen LogP contribution in [0.3, 0.4) is 0 Å². The first-order chi connectivity index (χ1) is 9.74. The normalized spacial score (nSPS) is 26.4. The first-order valence-corrected chi connectivity index (χ1v) is 7.21. The number of nitrogen functional groups attached to an aromatic ring is 1. The van der Waals surface area contributed by atoms with Crippen LogP contribution >= 0.6 is 11.6 Å². The number of morpholine rings is 1. The predicted molar refractivity (Wildman–Crippen MR) is 81.8 cm³/mol. The summed E-state index contributed by atoms with van der Waals surface area (Å²) in [6.07, 6.45) is 8.87. The molecule has 0 bridgehead atoms. The third-order valence-electron chi connectivity index (χ3n) is 3.78. The van der Waals surface area contributed by atoms with E-state index in [1.165, 1.54) is 0 Å². The second kappa shape index (κ2) is 5.85. The van der Waals surface area contributed by atoms with E-state index in [0.717, 1.165) is 30.4 Å². The maximum atomic E-state index is 6.13. The maximum absolute atomic E-state index is 6.13. The summed E-state index contributed by atoms with van der Waals surface area (Å²) in [7, 11) is 0. The van der Waals surface area contributed by atoms with Gasteiger partial charge in [0.15, 0.2) is 0 Å². The van der Waals surface area contributed by atoms with Gasteiger partial charge in [-0.05, 0) is 24.6 Å². The SMILES string of the molecule is Nc1ccc(N2CCOCC2C2C=C(Cl)C=CC2)nc1. The molecule has 3 rings (SSSR count). The second-order valence-electron chi connectivity index (χ2n) is 5.14. The molecule has 0 radical (unpaired) electrons. The highest BCUT2D eigenvalue weighted by molar-refractivity contribution is 6.31. The van der Waals surface area contributed by atoms with Crippen LogP contribution in [-0.4, -0.2) is 30.8 Å². The van der Waals surface area contributed by atoms with Gasteiger partial charge in [-0.2, -0.15) is 0 Å². The zero-order valence-electron chi connectivity index (χ0n) is 11.2. The quantitative estimate of drug-likeness (QED) is 0.910. The lowest BCUT2D eigenvalue weighted by molar-refractivity contribution is 0.0817. The van der Waals surface area contributed by atoms with E-state index in [1.54, 1.807) is 6.20 Å². The lowest BCUT2D eigenvalue weighted by Gasteiger charge is -2.40. The predicted octanol–water partition coefficient (Wildman–Crippen LogP) is 2.57. The molecular weight excluding hydrogens is 274 g/mol. The number of ether oxygens (including phenoxy) is 1. The van der Waals surface area contributed by atoms with Crippen molar-refractivity contribution in [2.24, 2.45) is 5.92 Å². The summed E-state index contributed by atoms with van der Waals surface area (Å²) in [5.41, 5.74) is 6.39. The molecule has 1 aliphatic heterocycles. The fourth-order valence-corrected chi connectivity index (χ4v) is 3.01. The number of hydrogen-bond acceptors (Lipinski definition) is 4. The number of aromatic nitrogens is 1. The average Bonchev–Trinajstić information content (AvgIpc) is 2.48. The third kappa shape index (κ3) is 2.81. The Morgan fingerprint density at radius 3 is 3.05 bits per heavy atom. The molecular formula is C15H18ClN3O. The highest BCUT2D eigenvalue weighted by Crippen LogP contribution is 2.29. The molecule has 1 aromatic rings. The van der Waals surface area contributed by atoms with Crippen molar-refractivity contribution in [1.29, 1.82) is 0 Å². The van der Waals surface area contributed by atoms with Crippen LogP contribution in [0.2, 0.25) is 0 Å². The Morgan fingerprint density at radius 2 is 2.30 bits per heavy atom. The van der Waals surface area contributed by atoms with Crippen molar-refractivity contribution in [2.45, 2.75) is 12.5 Å². The minimum atomic E-state index is 0.263. The molecule has 2 atom stereocenters. The van der Waals surface area contributed by atoms with Gasteiger partial charge in [-0.1, -0.05) is 23.8 Å². The largest absolute Gasteiger partial charge is 0.397 e. The van der Waals surface area contributed by atoms with Crippen LogP contribution in [0.1, 0.15) is 6.42 Å². The van der Waals surface area contributed by atoms with Crippen molar-refractivity contribution >= 4 is 23.1 Å². The Balaban J connectivity index is 1.84. The van der Waals surface area contributed by atoms with Crippen LogP contribution in [0.15, 0.2) is 41.6 Å². The van der Waals surface area contributed by atoms with E-state index >= 15 is 0 Å². The van der Waals surface area contributed by atoms with Gasteiger partial charge in [0, 0.05) is 17.5 Å². The van der Waals surface area contributed by atoms with Crippen LogP contribution in [0.25, 0.3) is 0 Å². The molecule has 2 aliphatic rings. The van der Waals surface area contributed by atoms with Crippen molar-refractivity contribution in [3.63, 3.8) is 0 Å². The summed E-state index contributed by atoms with van der Waals surface area (Å²) in [6, 6.07) is 4.12. The Labute approximate surface area is 123 Å². The van der Waals surface area contributed by atoms with Crippen molar-refractivity contribution in [1.82, 2.24) is 4.98 Å². The van der Waals surface area contributed by atoms with Crippen molar-refractivity contribution in [3.05, 3.63) is 41.6 Å². The van der Waals surface area contributed by atoms with Gasteiger partial charge in [-0.15, -0.1) is 0 Å². The van der Waals surface area contributed by atoms with Gasteiger partial charge in [0.1, 0.15) is 5.82 Å². The highest BCUT2D eigenvalue weighted by Gasteiger charge is 2.30. The van der Waals surface area contributed by atoms with Crippen molar-refractivity contribution in [3.8, 4) is 0 Å². The minimum Gasteiger partial charge on any atom is -0.397 e. The van der Waals surface area contributed by atoms with Gasteiger partial charge in [0.05, 0.1) is 31.1 Å². The van der Waals surface area contributed by atoms with E-state index in [-0.39, 0.29) is 6.04 Å². The highest BCUT2D eigenvalue weighted by atomic mass is 35.5. The molecule has 2 heterocycles. The van der Waals surface area contributed by atoms with E-state index in [4.69, 9.17) is 22.1 Å². The molecule has 106 valence electrons. The lowest BCUT2D eigenvalue weighted by atomic mass is 9.91. The molecule has 1 aliphatic carbocycles. The van der Waals surface area contributed by atoms with E-state index in [9.17, 15) is 0 Å². The van der Waals surface area contributed by atoms with Gasteiger partial charge in [-0.25, -0.2) is 4.98 Å². The van der Waals surface area contributed by atoms with E-state index in [1.807, 2.05) is 18.2 Å². The number of pyridine rings is 1. The molecule has 0 saturated carbocycles. The van der Waals surface area contributed by atoms with E-state index in [0.29, 0.717) is 18.2 Å². The first kappa shape index (κ1) is 13.5. The van der Waals surface area contributed by atoms with Crippen LogP contribution < -0.4 is 10.6 Å². The van der Waals surface area contributed by atoms with Crippen LogP contribution in [0.4, 0.5) is 11.5 Å². The number of rotatable bonds is 2. The van der Waals surface area contributed by atoms with Crippen LogP contribution in [0, 0.1) is 5.92 Å². The summed E-state index contributed by atoms with van der Waals surface area (Å²) >= 11 is 6.13. The van der Waals surface area contributed by atoms with Crippen LogP contribution in [-0.2, 0) is 4.74 Å². The average molecular weight is 292 g/mol. The molecule has 0 aromatic carbocycles. The standard InChI is InChI=1S/C15H18ClN3O/c16-12-3-1-2-11(8-12)14-10-20-7-6-19(14)15-5-4-13(17)9-18-15/h1,3-5,8-9,11,14H,2,6-7,10,17H2. The molecule has 4 nitrogen and oxygen atoms in total. The molecule has 2 N–H and O–H groups in total. The molecule has 1 aromatic heterocycles. The zero-order valence-corrected chi connectivity index (χ0v) is 12.0. The summed E-state index contributed by atoms with van der Waals surface area (Å²) < 4.78 is 5.66. The number of halogens is 1. The minimum absolute atomic E-state index is 0.263. The van der Waals surface area contributed by atoms with Gasteiger partial charge >= 0.3 is 0 Å². The number of nitrogens with two attached hydrogens (primary N) is 1. The fraction of sp³-hybridized carbons (Fsp3) is 0.400. The van der Waals surface area contributed by atoms with Gasteiger partial charge in [0.2, 0.25) is 0 Å². The first-order valence-electron chi connectivity index (χ1n) is 6.84. The number of allylic oxidation sites excluding steroid dienone is 3. The summed E-state index contributed by atoms with van der Waals surface area (Å²) in [5.74, 6) is 1.30. The number of anilines is 2. The van der Waals surface area contributed by atoms with E-state index in [2.05, 4.69) is 22.0 Å². The third-order valence-corrected chi connectivity index (χ3v) is 4.04.